The zero-order chi connectivity index (χ0) is 14.9. The summed E-state index contributed by atoms with van der Waals surface area (Å²) in [6.07, 6.45) is 0. The molecule has 0 saturated heterocycles. The average Bonchev–Trinajstić information content (AvgIpc) is 2.66. The van der Waals surface area contributed by atoms with E-state index in [-0.39, 0.29) is 11.2 Å². The Kier molecular flexibility index (Phi) is 4.02. The van der Waals surface area contributed by atoms with Crippen LogP contribution in [0.4, 0.5) is 10.8 Å². The van der Waals surface area contributed by atoms with Crippen molar-refractivity contribution in [3.8, 4) is 5.75 Å². The Morgan fingerprint density at radius 2 is 2.10 bits per heavy atom. The lowest BCUT2D eigenvalue weighted by Gasteiger charge is -2.08. The van der Waals surface area contributed by atoms with Crippen LogP contribution in [0.15, 0.2) is 12.1 Å². The summed E-state index contributed by atoms with van der Waals surface area (Å²) in [7, 11) is -2.12. The van der Waals surface area contributed by atoms with Crippen LogP contribution >= 0.6 is 11.3 Å². The molecular formula is C11H16N4O3S2. The van der Waals surface area contributed by atoms with Crippen LogP contribution in [-0.2, 0) is 10.2 Å². The smallest absolute Gasteiger partial charge is 0.301 e. The Morgan fingerprint density at radius 1 is 1.40 bits per heavy atom. The number of nitrogens with one attached hydrogen (secondary N) is 2. The molecule has 0 aliphatic rings. The van der Waals surface area contributed by atoms with Gasteiger partial charge in [-0.3, -0.25) is 0 Å². The molecule has 2 rings (SSSR count). The van der Waals surface area contributed by atoms with Crippen molar-refractivity contribution in [3.63, 3.8) is 0 Å². The fraction of sp³-hybridized carbons (Fsp3) is 0.364. The molecule has 0 bridgehead atoms. The molecule has 0 radical (unpaired) electrons. The highest BCUT2D eigenvalue weighted by atomic mass is 32.2. The van der Waals surface area contributed by atoms with Crippen LogP contribution in [0.5, 0.6) is 5.75 Å². The second-order valence-corrected chi connectivity index (χ2v) is 6.94. The Labute approximate surface area is 121 Å². The molecule has 0 aliphatic carbocycles. The van der Waals surface area contributed by atoms with Crippen molar-refractivity contribution in [2.45, 2.75) is 19.9 Å². The number of rotatable bonds is 5. The highest BCUT2D eigenvalue weighted by Crippen LogP contribution is 2.34. The van der Waals surface area contributed by atoms with Gasteiger partial charge in [0.25, 0.3) is 0 Å². The fourth-order valence-corrected chi connectivity index (χ4v) is 3.91. The molecule has 0 atom stereocenters. The van der Waals surface area contributed by atoms with Crippen LogP contribution in [0.25, 0.3) is 10.2 Å². The molecule has 4 N–H and O–H groups in total. The van der Waals surface area contributed by atoms with Crippen molar-refractivity contribution in [1.29, 1.82) is 0 Å². The van der Waals surface area contributed by atoms with Crippen molar-refractivity contribution in [2.24, 2.45) is 0 Å². The first-order chi connectivity index (χ1) is 9.30. The minimum absolute atomic E-state index is 0.202. The van der Waals surface area contributed by atoms with Gasteiger partial charge in [-0.2, -0.15) is 13.1 Å². The van der Waals surface area contributed by atoms with E-state index in [1.807, 2.05) is 0 Å². The van der Waals surface area contributed by atoms with Crippen LogP contribution in [0.2, 0.25) is 0 Å². The predicted octanol–water partition coefficient (Wildman–Crippen LogP) is 1.54. The minimum Gasteiger partial charge on any atom is -0.494 e. The first kappa shape index (κ1) is 14.8. The van der Waals surface area contributed by atoms with Crippen LogP contribution in [-0.4, -0.2) is 26.6 Å². The van der Waals surface area contributed by atoms with Gasteiger partial charge in [-0.05, 0) is 19.9 Å². The number of nitrogens with two attached hydrogens (primary N) is 1. The number of ether oxygens (including phenoxy) is 1. The zero-order valence-electron chi connectivity index (χ0n) is 11.3. The van der Waals surface area contributed by atoms with E-state index >= 15 is 0 Å². The summed E-state index contributed by atoms with van der Waals surface area (Å²) in [4.78, 5) is 4.22. The number of methoxy groups -OCH3 is 1. The Hall–Kier alpha value is -1.58. The van der Waals surface area contributed by atoms with E-state index in [0.717, 1.165) is 4.70 Å². The van der Waals surface area contributed by atoms with Gasteiger partial charge in [0, 0.05) is 17.8 Å². The third-order valence-electron chi connectivity index (χ3n) is 2.31. The summed E-state index contributed by atoms with van der Waals surface area (Å²) >= 11 is 1.19. The Bertz CT molecular complexity index is 725. The highest BCUT2D eigenvalue weighted by Gasteiger charge is 2.16. The monoisotopic (exact) mass is 316 g/mol. The largest absolute Gasteiger partial charge is 0.494 e. The molecule has 9 heteroatoms. The lowest BCUT2D eigenvalue weighted by Crippen LogP contribution is -2.35. The topological polar surface area (TPSA) is 106 Å². The van der Waals surface area contributed by atoms with Crippen molar-refractivity contribution in [2.75, 3.05) is 17.6 Å². The van der Waals surface area contributed by atoms with Crippen molar-refractivity contribution >= 4 is 42.6 Å². The van der Waals surface area contributed by atoms with E-state index in [0.29, 0.717) is 17.0 Å². The molecule has 0 spiro atoms. The van der Waals surface area contributed by atoms with Crippen LogP contribution in [0, 0.1) is 0 Å². The number of aromatic nitrogens is 1. The number of hydrogen-bond donors (Lipinski definition) is 3. The van der Waals surface area contributed by atoms with Gasteiger partial charge in [0.1, 0.15) is 11.3 Å². The predicted molar refractivity (Wildman–Crippen MR) is 81.4 cm³/mol. The van der Waals surface area contributed by atoms with Gasteiger partial charge in [-0.25, -0.2) is 9.71 Å². The van der Waals surface area contributed by atoms with Gasteiger partial charge in [-0.1, -0.05) is 11.3 Å². The SMILES string of the molecule is COc1cc(N)cc2sc(NS(=O)(=O)NC(C)C)nc12. The molecule has 110 valence electrons. The van der Waals surface area contributed by atoms with Gasteiger partial charge < -0.3 is 10.5 Å². The number of fused-ring (bicyclic) bond motifs is 1. The summed E-state index contributed by atoms with van der Waals surface area (Å²) in [5.74, 6) is 0.513. The van der Waals surface area contributed by atoms with Crippen LogP contribution in [0.3, 0.4) is 0 Å². The van der Waals surface area contributed by atoms with Gasteiger partial charge in [0.15, 0.2) is 5.13 Å². The fourth-order valence-electron chi connectivity index (χ4n) is 1.67. The molecule has 1 aromatic carbocycles. The maximum absolute atomic E-state index is 11.8. The van der Waals surface area contributed by atoms with Crippen molar-refractivity contribution < 1.29 is 13.2 Å². The summed E-state index contributed by atoms with van der Waals surface area (Å²) < 4.78 is 34.3. The number of nitrogen functional groups attached to an aromatic ring is 1. The van der Waals surface area contributed by atoms with Gasteiger partial charge in [-0.15, -0.1) is 0 Å². The molecule has 0 amide bonds. The van der Waals surface area contributed by atoms with Gasteiger partial charge >= 0.3 is 10.2 Å². The molecular weight excluding hydrogens is 300 g/mol. The maximum Gasteiger partial charge on any atom is 0.301 e. The Balaban J connectivity index is 2.38. The minimum atomic E-state index is -3.64. The summed E-state index contributed by atoms with van der Waals surface area (Å²) in [5, 5.41) is 0.261. The lowest BCUT2D eigenvalue weighted by atomic mass is 10.3. The second kappa shape index (κ2) is 5.43. The third-order valence-corrected chi connectivity index (χ3v) is 4.61. The van der Waals surface area contributed by atoms with E-state index in [1.54, 1.807) is 26.0 Å². The first-order valence-corrected chi connectivity index (χ1v) is 8.15. The molecule has 0 saturated carbocycles. The lowest BCUT2D eigenvalue weighted by molar-refractivity contribution is 0.419. The second-order valence-electron chi connectivity index (χ2n) is 4.47. The molecule has 2 aromatic rings. The summed E-state index contributed by atoms with van der Waals surface area (Å²) in [6.45, 7) is 3.47. The number of anilines is 2. The first-order valence-electron chi connectivity index (χ1n) is 5.85. The number of nitrogens with zero attached hydrogens (tertiary/aromatic N) is 1. The quantitative estimate of drug-likeness (QED) is 0.725. The number of hydrogen-bond acceptors (Lipinski definition) is 6. The molecule has 0 aliphatic heterocycles. The van der Waals surface area contributed by atoms with E-state index in [2.05, 4.69) is 14.4 Å². The average molecular weight is 316 g/mol. The third kappa shape index (κ3) is 3.30. The molecule has 1 aromatic heterocycles. The molecule has 0 fully saturated rings. The van der Waals surface area contributed by atoms with Gasteiger partial charge in [0.2, 0.25) is 0 Å². The van der Waals surface area contributed by atoms with E-state index in [9.17, 15) is 8.42 Å². The van der Waals surface area contributed by atoms with E-state index in [4.69, 9.17) is 10.5 Å². The molecule has 1 heterocycles. The van der Waals surface area contributed by atoms with Crippen molar-refractivity contribution in [3.05, 3.63) is 12.1 Å². The summed E-state index contributed by atoms with van der Waals surface area (Å²) in [6, 6.07) is 3.17. The highest BCUT2D eigenvalue weighted by molar-refractivity contribution is 7.91. The standard InChI is InChI=1S/C11H16N4O3S2/c1-6(2)14-20(16,17)15-11-13-10-8(18-3)4-7(12)5-9(10)19-11/h4-6,14H,12H2,1-3H3,(H,13,15). The summed E-state index contributed by atoms with van der Waals surface area (Å²) in [5.41, 5.74) is 6.86. The zero-order valence-corrected chi connectivity index (χ0v) is 12.9. The van der Waals surface area contributed by atoms with Crippen molar-refractivity contribution in [1.82, 2.24) is 9.71 Å². The molecule has 7 nitrogen and oxygen atoms in total. The van der Waals surface area contributed by atoms with Crippen LogP contribution in [0.1, 0.15) is 13.8 Å². The van der Waals surface area contributed by atoms with E-state index < -0.39 is 10.2 Å². The molecule has 0 unspecified atom stereocenters. The van der Waals surface area contributed by atoms with E-state index in [1.165, 1.54) is 18.4 Å². The number of thiazole rings is 1. The normalized spacial score (nSPS) is 12.0. The Morgan fingerprint density at radius 3 is 2.70 bits per heavy atom. The maximum atomic E-state index is 11.8. The molecule has 20 heavy (non-hydrogen) atoms. The van der Waals surface area contributed by atoms with Crippen LogP contribution < -0.4 is 19.9 Å². The number of benzene rings is 1. The van der Waals surface area contributed by atoms with Gasteiger partial charge in [0.05, 0.1) is 11.8 Å².